The fourth-order valence-corrected chi connectivity index (χ4v) is 2.22. The first-order chi connectivity index (χ1) is 9.68. The van der Waals surface area contributed by atoms with Gasteiger partial charge in [0.2, 0.25) is 5.91 Å². The normalized spacial score (nSPS) is 11.2. The van der Waals surface area contributed by atoms with E-state index in [2.05, 4.69) is 19.1 Å². The number of allylic oxidation sites excluding steroid dienone is 2. The van der Waals surface area contributed by atoms with Crippen molar-refractivity contribution in [3.05, 3.63) is 12.2 Å². The number of rotatable bonds is 13. The summed E-state index contributed by atoms with van der Waals surface area (Å²) in [6.07, 6.45) is 19.4. The van der Waals surface area contributed by atoms with Crippen LogP contribution in [0.15, 0.2) is 12.2 Å². The minimum atomic E-state index is 0.260. The minimum Gasteiger partial charge on any atom is -0.349 e. The molecule has 1 amide bonds. The second kappa shape index (κ2) is 14.6. The second-order valence-corrected chi connectivity index (χ2v) is 5.92. The Kier molecular flexibility index (Phi) is 14.0. The summed E-state index contributed by atoms with van der Waals surface area (Å²) in [6, 6.07) is 0. The van der Waals surface area contributed by atoms with Gasteiger partial charge in [0, 0.05) is 20.5 Å². The molecular weight excluding hydrogens is 246 g/mol. The molecule has 0 heterocycles. The Hall–Kier alpha value is -0.790. The highest BCUT2D eigenvalue weighted by Gasteiger charge is 2.02. The molecule has 0 N–H and O–H groups in total. The van der Waals surface area contributed by atoms with Gasteiger partial charge in [-0.3, -0.25) is 4.79 Å². The van der Waals surface area contributed by atoms with Gasteiger partial charge in [0.25, 0.3) is 0 Å². The molecule has 0 aromatic carbocycles. The number of hydrogen-bond acceptors (Lipinski definition) is 1. The Bertz CT molecular complexity index is 246. The van der Waals surface area contributed by atoms with E-state index in [1.807, 2.05) is 14.1 Å². The maximum atomic E-state index is 11.4. The number of amides is 1. The maximum Gasteiger partial charge on any atom is 0.222 e. The topological polar surface area (TPSA) is 20.3 Å². The second-order valence-electron chi connectivity index (χ2n) is 5.92. The molecule has 0 bridgehead atoms. The van der Waals surface area contributed by atoms with Gasteiger partial charge in [-0.25, -0.2) is 0 Å². The van der Waals surface area contributed by atoms with Gasteiger partial charge in [-0.05, 0) is 32.1 Å². The molecule has 0 aliphatic rings. The van der Waals surface area contributed by atoms with Gasteiger partial charge in [0.05, 0.1) is 0 Å². The first kappa shape index (κ1) is 19.2. The highest BCUT2D eigenvalue weighted by Crippen LogP contribution is 2.09. The van der Waals surface area contributed by atoms with E-state index >= 15 is 0 Å². The van der Waals surface area contributed by atoms with Crippen molar-refractivity contribution in [1.82, 2.24) is 4.90 Å². The summed E-state index contributed by atoms with van der Waals surface area (Å²) in [4.78, 5) is 13.0. The van der Waals surface area contributed by atoms with Crippen LogP contribution in [-0.2, 0) is 4.79 Å². The Morgan fingerprint density at radius 3 is 1.85 bits per heavy atom. The fraction of sp³-hybridized carbons (Fsp3) is 0.833. The van der Waals surface area contributed by atoms with Crippen LogP contribution in [0.3, 0.4) is 0 Å². The molecule has 0 fully saturated rings. The van der Waals surface area contributed by atoms with E-state index in [0.29, 0.717) is 6.42 Å². The largest absolute Gasteiger partial charge is 0.349 e. The van der Waals surface area contributed by atoms with Crippen LogP contribution in [0.5, 0.6) is 0 Å². The van der Waals surface area contributed by atoms with Crippen molar-refractivity contribution in [2.75, 3.05) is 14.1 Å². The molecule has 0 spiro atoms. The monoisotopic (exact) mass is 281 g/mol. The molecule has 0 aliphatic heterocycles. The van der Waals surface area contributed by atoms with Crippen molar-refractivity contribution in [2.24, 2.45) is 0 Å². The first-order valence-corrected chi connectivity index (χ1v) is 8.53. The number of nitrogens with zero attached hydrogens (tertiary/aromatic N) is 1. The van der Waals surface area contributed by atoms with E-state index in [4.69, 9.17) is 0 Å². The van der Waals surface area contributed by atoms with Crippen LogP contribution >= 0.6 is 0 Å². The molecule has 118 valence electrons. The maximum absolute atomic E-state index is 11.4. The third-order valence-electron chi connectivity index (χ3n) is 3.65. The lowest BCUT2D eigenvalue weighted by molar-refractivity contribution is -0.128. The van der Waals surface area contributed by atoms with Crippen LogP contribution in [0.4, 0.5) is 0 Å². The molecule has 2 nitrogen and oxygen atoms in total. The summed E-state index contributed by atoms with van der Waals surface area (Å²) in [7, 11) is 3.66. The van der Waals surface area contributed by atoms with Crippen LogP contribution in [0.25, 0.3) is 0 Å². The SMILES string of the molecule is CCCCCC/C=C/CCCCCCCC(=O)N(C)C. The summed E-state index contributed by atoms with van der Waals surface area (Å²) in [5.41, 5.74) is 0. The van der Waals surface area contributed by atoms with Crippen molar-refractivity contribution >= 4 is 5.91 Å². The number of carbonyl (C=O) groups excluding carboxylic acids is 1. The summed E-state index contributed by atoms with van der Waals surface area (Å²) >= 11 is 0. The van der Waals surface area contributed by atoms with Crippen molar-refractivity contribution in [1.29, 1.82) is 0 Å². The molecule has 0 saturated carbocycles. The highest BCUT2D eigenvalue weighted by molar-refractivity contribution is 5.75. The Morgan fingerprint density at radius 2 is 1.30 bits per heavy atom. The van der Waals surface area contributed by atoms with Crippen molar-refractivity contribution in [3.63, 3.8) is 0 Å². The summed E-state index contributed by atoms with van der Waals surface area (Å²) in [5.74, 6) is 0.260. The zero-order valence-corrected chi connectivity index (χ0v) is 14.0. The minimum absolute atomic E-state index is 0.260. The van der Waals surface area contributed by atoms with Gasteiger partial charge in [-0.1, -0.05) is 57.6 Å². The lowest BCUT2D eigenvalue weighted by Crippen LogP contribution is -2.20. The molecule has 2 heteroatoms. The lowest BCUT2D eigenvalue weighted by atomic mass is 10.1. The first-order valence-electron chi connectivity index (χ1n) is 8.53. The van der Waals surface area contributed by atoms with Crippen molar-refractivity contribution in [2.45, 2.75) is 84.0 Å². The van der Waals surface area contributed by atoms with Crippen molar-refractivity contribution in [3.8, 4) is 0 Å². The quantitative estimate of drug-likeness (QED) is 0.330. The summed E-state index contributed by atoms with van der Waals surface area (Å²) in [6.45, 7) is 2.26. The predicted octanol–water partition coefficient (Wildman–Crippen LogP) is 5.33. The smallest absolute Gasteiger partial charge is 0.222 e. The zero-order valence-electron chi connectivity index (χ0n) is 14.0. The van der Waals surface area contributed by atoms with Gasteiger partial charge in [-0.2, -0.15) is 0 Å². The molecule has 20 heavy (non-hydrogen) atoms. The van der Waals surface area contributed by atoms with Gasteiger partial charge in [-0.15, -0.1) is 0 Å². The van der Waals surface area contributed by atoms with Gasteiger partial charge in [0.15, 0.2) is 0 Å². The van der Waals surface area contributed by atoms with E-state index < -0.39 is 0 Å². The highest BCUT2D eigenvalue weighted by atomic mass is 16.2. The van der Waals surface area contributed by atoms with Gasteiger partial charge >= 0.3 is 0 Å². The zero-order chi connectivity index (χ0) is 15.1. The standard InChI is InChI=1S/C18H35NO/c1-4-5-6-7-8-9-10-11-12-13-14-15-16-17-18(20)19(2)3/h9-10H,4-8,11-17H2,1-3H3/b10-9+. The Balaban J connectivity index is 3.16. The molecule has 0 saturated heterocycles. The molecule has 0 radical (unpaired) electrons. The molecule has 0 aliphatic carbocycles. The number of hydrogen-bond donors (Lipinski definition) is 0. The van der Waals surface area contributed by atoms with E-state index in [1.54, 1.807) is 4.90 Å². The summed E-state index contributed by atoms with van der Waals surface area (Å²) < 4.78 is 0. The third-order valence-corrected chi connectivity index (χ3v) is 3.65. The van der Waals surface area contributed by atoms with Crippen LogP contribution in [0, 0.1) is 0 Å². The van der Waals surface area contributed by atoms with Gasteiger partial charge in [0.1, 0.15) is 0 Å². The Morgan fingerprint density at radius 1 is 0.800 bits per heavy atom. The van der Waals surface area contributed by atoms with Crippen molar-refractivity contribution < 1.29 is 4.79 Å². The molecule has 0 rings (SSSR count). The lowest BCUT2D eigenvalue weighted by Gasteiger charge is -2.09. The average molecular weight is 281 g/mol. The van der Waals surface area contributed by atoms with Gasteiger partial charge < -0.3 is 4.90 Å². The van der Waals surface area contributed by atoms with E-state index in [-0.39, 0.29) is 5.91 Å². The Labute approximate surface area is 126 Å². The molecule has 0 aromatic rings. The van der Waals surface area contributed by atoms with E-state index in [9.17, 15) is 4.79 Å². The van der Waals surface area contributed by atoms with Crippen LogP contribution < -0.4 is 0 Å². The molecular formula is C18H35NO. The molecule has 0 atom stereocenters. The third kappa shape index (κ3) is 13.6. The molecule has 0 unspecified atom stereocenters. The van der Waals surface area contributed by atoms with Crippen LogP contribution in [0.2, 0.25) is 0 Å². The summed E-state index contributed by atoms with van der Waals surface area (Å²) in [5, 5.41) is 0. The van der Waals surface area contributed by atoms with Crippen LogP contribution in [0.1, 0.15) is 84.0 Å². The number of carbonyl (C=O) groups is 1. The average Bonchev–Trinajstić information content (AvgIpc) is 2.43. The molecule has 0 aromatic heterocycles. The number of unbranched alkanes of at least 4 members (excludes halogenated alkanes) is 9. The van der Waals surface area contributed by atoms with E-state index in [1.165, 1.54) is 64.2 Å². The van der Waals surface area contributed by atoms with E-state index in [0.717, 1.165) is 6.42 Å². The van der Waals surface area contributed by atoms with Crippen LogP contribution in [-0.4, -0.2) is 24.9 Å². The predicted molar refractivity (Wildman–Crippen MR) is 88.9 cm³/mol. The fourth-order valence-electron chi connectivity index (χ4n) is 2.22.